The summed E-state index contributed by atoms with van der Waals surface area (Å²) >= 11 is 0. The van der Waals surface area contributed by atoms with Crippen molar-refractivity contribution in [1.82, 2.24) is 10.2 Å². The van der Waals surface area contributed by atoms with Crippen molar-refractivity contribution < 1.29 is 0 Å². The van der Waals surface area contributed by atoms with Crippen LogP contribution >= 0.6 is 0 Å². The van der Waals surface area contributed by atoms with Crippen molar-refractivity contribution >= 4 is 0 Å². The van der Waals surface area contributed by atoms with Crippen LogP contribution < -0.4 is 5.32 Å². The van der Waals surface area contributed by atoms with Gasteiger partial charge in [-0.1, -0.05) is 26.2 Å². The number of hydrogen-bond donors (Lipinski definition) is 1. The molecule has 2 heteroatoms. The first-order valence-corrected chi connectivity index (χ1v) is 7.65. The van der Waals surface area contributed by atoms with Gasteiger partial charge in [0.25, 0.3) is 0 Å². The largest absolute Gasteiger partial charge is 0.308 e. The molecule has 2 fully saturated rings. The molecule has 2 aliphatic rings. The minimum Gasteiger partial charge on any atom is -0.308 e. The smallest absolute Gasteiger partial charge is 0.0309 e. The predicted molar refractivity (Wildman–Crippen MR) is 74.3 cm³/mol. The van der Waals surface area contributed by atoms with Crippen LogP contribution in [-0.4, -0.2) is 36.1 Å². The first-order valence-electron chi connectivity index (χ1n) is 7.65. The molecular formula is C15H30N2. The lowest BCUT2D eigenvalue weighted by molar-refractivity contribution is 0.0817. The quantitative estimate of drug-likeness (QED) is 0.716. The molecule has 1 aliphatic heterocycles. The topological polar surface area (TPSA) is 15.3 Å². The van der Waals surface area contributed by atoms with Gasteiger partial charge in [0.15, 0.2) is 0 Å². The van der Waals surface area contributed by atoms with Crippen LogP contribution in [0.15, 0.2) is 0 Å². The number of hydrogen-bond acceptors (Lipinski definition) is 2. The Hall–Kier alpha value is -0.0800. The van der Waals surface area contributed by atoms with Crippen LogP contribution in [0.2, 0.25) is 0 Å². The molecule has 0 aromatic carbocycles. The summed E-state index contributed by atoms with van der Waals surface area (Å²) in [5, 5.41) is 3.80. The van der Waals surface area contributed by atoms with Crippen LogP contribution in [0.4, 0.5) is 0 Å². The number of nitrogens with one attached hydrogen (secondary N) is 1. The van der Waals surface area contributed by atoms with Crippen molar-refractivity contribution in [1.29, 1.82) is 0 Å². The molecule has 1 saturated carbocycles. The summed E-state index contributed by atoms with van der Waals surface area (Å²) in [6, 6.07) is 0.725. The molecule has 0 spiro atoms. The maximum Gasteiger partial charge on any atom is 0.0309 e. The van der Waals surface area contributed by atoms with E-state index in [1.807, 2.05) is 0 Å². The lowest BCUT2D eigenvalue weighted by Crippen LogP contribution is -2.63. The Morgan fingerprint density at radius 1 is 1.24 bits per heavy atom. The third-order valence-electron chi connectivity index (χ3n) is 4.73. The van der Waals surface area contributed by atoms with Gasteiger partial charge < -0.3 is 5.32 Å². The Kier molecular flexibility index (Phi) is 4.48. The Morgan fingerprint density at radius 3 is 2.65 bits per heavy atom. The Bertz CT molecular complexity index is 237. The van der Waals surface area contributed by atoms with Gasteiger partial charge in [-0.05, 0) is 45.6 Å². The number of unbranched alkanes of at least 4 members (excludes halogenated alkanes) is 3. The summed E-state index contributed by atoms with van der Waals surface area (Å²) in [4.78, 5) is 2.73. The van der Waals surface area contributed by atoms with E-state index in [9.17, 15) is 0 Å². The summed E-state index contributed by atoms with van der Waals surface area (Å²) < 4.78 is 0. The Balaban J connectivity index is 1.78. The summed E-state index contributed by atoms with van der Waals surface area (Å²) in [5.41, 5.74) is 0.414. The van der Waals surface area contributed by atoms with Gasteiger partial charge in [-0.3, -0.25) is 4.90 Å². The van der Waals surface area contributed by atoms with Crippen LogP contribution in [0, 0.1) is 5.92 Å². The van der Waals surface area contributed by atoms with E-state index in [0.29, 0.717) is 5.54 Å². The zero-order chi connectivity index (χ0) is 12.3. The summed E-state index contributed by atoms with van der Waals surface area (Å²) in [6.07, 6.45) is 8.44. The molecule has 17 heavy (non-hydrogen) atoms. The third-order valence-corrected chi connectivity index (χ3v) is 4.73. The standard InChI is InChI=1S/C15H30N2/c1-4-5-6-7-10-17-12-15(3,14-8-9-14)16-11-13(17)2/h13-14,16H,4-12H2,1-3H3. The first-order chi connectivity index (χ1) is 8.15. The molecule has 1 aliphatic carbocycles. The molecule has 0 bridgehead atoms. The molecule has 0 aromatic rings. The highest BCUT2D eigenvalue weighted by atomic mass is 15.2. The van der Waals surface area contributed by atoms with Crippen molar-refractivity contribution in [2.75, 3.05) is 19.6 Å². The average molecular weight is 238 g/mol. The van der Waals surface area contributed by atoms with E-state index in [1.165, 1.54) is 58.2 Å². The van der Waals surface area contributed by atoms with Gasteiger partial charge in [0.2, 0.25) is 0 Å². The number of rotatable bonds is 6. The van der Waals surface area contributed by atoms with Gasteiger partial charge in [-0.15, -0.1) is 0 Å². The van der Waals surface area contributed by atoms with E-state index < -0.39 is 0 Å². The van der Waals surface area contributed by atoms with Gasteiger partial charge in [-0.25, -0.2) is 0 Å². The van der Waals surface area contributed by atoms with Crippen molar-refractivity contribution in [2.45, 2.75) is 70.9 Å². The molecule has 0 radical (unpaired) electrons. The van der Waals surface area contributed by atoms with Crippen LogP contribution in [-0.2, 0) is 0 Å². The van der Waals surface area contributed by atoms with Crippen molar-refractivity contribution in [3.63, 3.8) is 0 Å². The van der Waals surface area contributed by atoms with Crippen LogP contribution in [0.25, 0.3) is 0 Å². The molecule has 1 N–H and O–H groups in total. The van der Waals surface area contributed by atoms with E-state index in [1.54, 1.807) is 0 Å². The SMILES string of the molecule is CCCCCCN1CC(C)(C2CC2)NCC1C. The fourth-order valence-corrected chi connectivity index (χ4v) is 3.18. The van der Waals surface area contributed by atoms with E-state index >= 15 is 0 Å². The minimum absolute atomic E-state index is 0.414. The molecule has 1 saturated heterocycles. The highest BCUT2D eigenvalue weighted by Gasteiger charge is 2.44. The molecule has 1 heterocycles. The zero-order valence-electron chi connectivity index (χ0n) is 12.0. The fourth-order valence-electron chi connectivity index (χ4n) is 3.18. The average Bonchev–Trinajstić information content (AvgIpc) is 3.13. The summed E-state index contributed by atoms with van der Waals surface area (Å²) in [5.74, 6) is 0.952. The maximum atomic E-state index is 3.80. The maximum absolute atomic E-state index is 3.80. The fraction of sp³-hybridized carbons (Fsp3) is 1.00. The van der Waals surface area contributed by atoms with Gasteiger partial charge in [-0.2, -0.15) is 0 Å². The van der Waals surface area contributed by atoms with E-state index in [0.717, 1.165) is 12.0 Å². The molecule has 2 atom stereocenters. The van der Waals surface area contributed by atoms with Gasteiger partial charge >= 0.3 is 0 Å². The molecule has 0 amide bonds. The van der Waals surface area contributed by atoms with Crippen LogP contribution in [0.1, 0.15) is 59.3 Å². The summed E-state index contributed by atoms with van der Waals surface area (Å²) in [7, 11) is 0. The molecular weight excluding hydrogens is 208 g/mol. The highest BCUT2D eigenvalue weighted by molar-refractivity contribution is 5.03. The molecule has 0 aromatic heterocycles. The first kappa shape index (κ1) is 13.4. The molecule has 100 valence electrons. The second-order valence-corrected chi connectivity index (χ2v) is 6.45. The Labute approximate surface area is 107 Å². The van der Waals surface area contributed by atoms with Gasteiger partial charge in [0, 0.05) is 24.7 Å². The van der Waals surface area contributed by atoms with E-state index in [-0.39, 0.29) is 0 Å². The van der Waals surface area contributed by atoms with Crippen molar-refractivity contribution in [3.05, 3.63) is 0 Å². The van der Waals surface area contributed by atoms with Crippen molar-refractivity contribution in [2.24, 2.45) is 5.92 Å². The normalized spacial score (nSPS) is 35.1. The second kappa shape index (κ2) is 5.71. The highest BCUT2D eigenvalue weighted by Crippen LogP contribution is 2.41. The third kappa shape index (κ3) is 3.45. The van der Waals surface area contributed by atoms with E-state index in [2.05, 4.69) is 31.0 Å². The monoisotopic (exact) mass is 238 g/mol. The summed E-state index contributed by atoms with van der Waals surface area (Å²) in [6.45, 7) is 10.9. The number of nitrogens with zero attached hydrogens (tertiary/aromatic N) is 1. The van der Waals surface area contributed by atoms with Crippen molar-refractivity contribution in [3.8, 4) is 0 Å². The van der Waals surface area contributed by atoms with E-state index in [4.69, 9.17) is 0 Å². The lowest BCUT2D eigenvalue weighted by atomic mass is 9.91. The number of piperazine rings is 1. The zero-order valence-corrected chi connectivity index (χ0v) is 12.0. The van der Waals surface area contributed by atoms with Crippen LogP contribution in [0.5, 0.6) is 0 Å². The predicted octanol–water partition coefficient (Wildman–Crippen LogP) is 3.03. The second-order valence-electron chi connectivity index (χ2n) is 6.45. The van der Waals surface area contributed by atoms with Gasteiger partial charge in [0.1, 0.15) is 0 Å². The van der Waals surface area contributed by atoms with Gasteiger partial charge in [0.05, 0.1) is 0 Å². The lowest BCUT2D eigenvalue weighted by Gasteiger charge is -2.45. The molecule has 2 unspecified atom stereocenters. The Morgan fingerprint density at radius 2 is 2.00 bits per heavy atom. The minimum atomic E-state index is 0.414. The van der Waals surface area contributed by atoms with Crippen LogP contribution in [0.3, 0.4) is 0 Å². The molecule has 2 rings (SSSR count). The molecule has 2 nitrogen and oxygen atoms in total.